The first-order valence-electron chi connectivity index (χ1n) is 15.9. The predicted molar refractivity (Wildman–Crippen MR) is 166 cm³/mol. The summed E-state index contributed by atoms with van der Waals surface area (Å²) >= 11 is 0. The molecule has 7 heteroatoms. The lowest BCUT2D eigenvalue weighted by atomic mass is 9.80. The van der Waals surface area contributed by atoms with Gasteiger partial charge in [-0.2, -0.15) is 0 Å². The number of aromatic nitrogens is 1. The van der Waals surface area contributed by atoms with Gasteiger partial charge in [-0.25, -0.2) is 0 Å². The van der Waals surface area contributed by atoms with Crippen molar-refractivity contribution in [3.05, 3.63) is 66.0 Å². The van der Waals surface area contributed by atoms with E-state index in [0.29, 0.717) is 18.4 Å². The van der Waals surface area contributed by atoms with E-state index in [1.54, 1.807) is 0 Å². The fourth-order valence-corrected chi connectivity index (χ4v) is 6.86. The molecule has 3 aromatic rings. The van der Waals surface area contributed by atoms with Gasteiger partial charge in [0.05, 0.1) is 19.8 Å². The summed E-state index contributed by atoms with van der Waals surface area (Å²) in [6.45, 7) is 10.6. The van der Waals surface area contributed by atoms with E-state index in [1.807, 2.05) is 11.1 Å². The maximum absolute atomic E-state index is 13.0. The quantitative estimate of drug-likeness (QED) is 0.302. The average Bonchev–Trinajstić information content (AvgIpc) is 3.59. The maximum Gasteiger partial charge on any atom is 0.251 e. The largest absolute Gasteiger partial charge is 0.381 e. The number of rotatable bonds is 10. The van der Waals surface area contributed by atoms with E-state index in [2.05, 4.69) is 65.3 Å². The summed E-state index contributed by atoms with van der Waals surface area (Å²) in [6.07, 6.45) is 6.55. The van der Waals surface area contributed by atoms with Crippen molar-refractivity contribution in [1.82, 2.24) is 14.8 Å². The summed E-state index contributed by atoms with van der Waals surface area (Å²) in [6, 6.07) is 17.8. The van der Waals surface area contributed by atoms with Crippen molar-refractivity contribution < 1.29 is 19.0 Å². The van der Waals surface area contributed by atoms with Crippen LogP contribution < -0.4 is 0 Å². The number of piperidine rings is 1. The third kappa shape index (κ3) is 7.03. The number of likely N-dealkylation sites (tertiary alicyclic amines) is 1. The Kier molecular flexibility index (Phi) is 9.81. The molecule has 3 saturated heterocycles. The Bertz CT molecular complexity index is 1310. The van der Waals surface area contributed by atoms with Gasteiger partial charge in [0.2, 0.25) is 0 Å². The Morgan fingerprint density at radius 2 is 1.76 bits per heavy atom. The molecule has 0 aliphatic carbocycles. The van der Waals surface area contributed by atoms with E-state index in [1.165, 1.54) is 27.5 Å². The Balaban J connectivity index is 1.12. The van der Waals surface area contributed by atoms with Crippen LogP contribution in [0.4, 0.5) is 0 Å². The average molecular weight is 572 g/mol. The predicted octanol–water partition coefficient (Wildman–Crippen LogP) is 5.45. The first kappa shape index (κ1) is 29.2. The summed E-state index contributed by atoms with van der Waals surface area (Å²) < 4.78 is 17.5. The van der Waals surface area contributed by atoms with Gasteiger partial charge < -0.3 is 19.1 Å². The molecule has 1 aromatic heterocycles. The molecule has 0 saturated carbocycles. The summed E-state index contributed by atoms with van der Waals surface area (Å²) in [5.74, 6) is 0.986. The lowest BCUT2D eigenvalue weighted by Crippen LogP contribution is -2.44. The Labute approximate surface area is 250 Å². The van der Waals surface area contributed by atoms with Crippen LogP contribution in [0.5, 0.6) is 0 Å². The summed E-state index contributed by atoms with van der Waals surface area (Å²) in [5, 5.41) is 2.42. The van der Waals surface area contributed by atoms with E-state index in [-0.39, 0.29) is 12.0 Å². The molecule has 7 nitrogen and oxygen atoms in total. The van der Waals surface area contributed by atoms with Crippen LogP contribution in [-0.4, -0.2) is 92.6 Å². The second-order valence-corrected chi connectivity index (χ2v) is 12.1. The first-order chi connectivity index (χ1) is 20.7. The molecule has 2 aromatic carbocycles. The van der Waals surface area contributed by atoms with Crippen LogP contribution in [0, 0.1) is 12.8 Å². The number of hydrogen-bond acceptors (Lipinski definition) is 6. The summed E-state index contributed by atoms with van der Waals surface area (Å²) in [4.78, 5) is 21.9. The number of aryl methyl sites for hydroxylation is 1. The zero-order valence-electron chi connectivity index (χ0n) is 25.0. The molecule has 0 radical (unpaired) electrons. The number of carbonyl (C=O) groups excluding carboxylic acids is 1. The number of carbonyl (C=O) groups is 1. The molecule has 6 rings (SSSR count). The number of benzene rings is 2. The van der Waals surface area contributed by atoms with Crippen LogP contribution in [0.3, 0.4) is 0 Å². The van der Waals surface area contributed by atoms with Crippen molar-refractivity contribution in [1.29, 1.82) is 0 Å². The van der Waals surface area contributed by atoms with E-state index in [9.17, 15) is 4.79 Å². The van der Waals surface area contributed by atoms with Crippen LogP contribution in [0.2, 0.25) is 0 Å². The van der Waals surface area contributed by atoms with E-state index < -0.39 is 0 Å². The molecule has 42 heavy (non-hydrogen) atoms. The van der Waals surface area contributed by atoms with Crippen molar-refractivity contribution in [3.8, 4) is 11.1 Å². The van der Waals surface area contributed by atoms with Crippen molar-refractivity contribution >= 4 is 16.7 Å². The third-order valence-electron chi connectivity index (χ3n) is 9.43. The normalized spacial score (nSPS) is 21.2. The number of morpholine rings is 1. The minimum atomic E-state index is -0.227. The highest BCUT2D eigenvalue weighted by Crippen LogP contribution is 2.35. The lowest BCUT2D eigenvalue weighted by molar-refractivity contribution is -0.142. The van der Waals surface area contributed by atoms with Gasteiger partial charge in [-0.1, -0.05) is 36.4 Å². The van der Waals surface area contributed by atoms with Crippen LogP contribution >= 0.6 is 0 Å². The molecule has 4 heterocycles. The standard InChI is InChI=1S/C35H45N3O4/c1-26-32-10-9-30(24-31(32)11-14-36-26)27-5-7-28(8-6-27)33(25-41-20-3-15-37-18-22-40-23-19-37)29-12-16-38(17-13-29)35(39)34-4-2-21-42-34/h5-11,14,24,29,33-34H,2-4,12-13,15-23,25H2,1H3/t33?,34-/m1/s1. The van der Waals surface area contributed by atoms with Gasteiger partial charge >= 0.3 is 0 Å². The second kappa shape index (κ2) is 14.1. The second-order valence-electron chi connectivity index (χ2n) is 12.1. The number of amides is 1. The zero-order chi connectivity index (χ0) is 28.7. The van der Waals surface area contributed by atoms with Gasteiger partial charge in [0.25, 0.3) is 5.91 Å². The number of fused-ring (bicyclic) bond motifs is 1. The fraction of sp³-hybridized carbons (Fsp3) is 0.543. The summed E-state index contributed by atoms with van der Waals surface area (Å²) in [7, 11) is 0. The maximum atomic E-state index is 13.0. The monoisotopic (exact) mass is 571 g/mol. The highest BCUT2D eigenvalue weighted by Gasteiger charge is 2.33. The van der Waals surface area contributed by atoms with Gasteiger partial charge in [0, 0.05) is 69.1 Å². The molecule has 224 valence electrons. The van der Waals surface area contributed by atoms with E-state index >= 15 is 0 Å². The van der Waals surface area contributed by atoms with Crippen molar-refractivity contribution in [2.75, 3.05) is 65.8 Å². The smallest absolute Gasteiger partial charge is 0.251 e. The van der Waals surface area contributed by atoms with Crippen LogP contribution in [0.15, 0.2) is 54.7 Å². The molecule has 0 spiro atoms. The number of nitrogens with zero attached hydrogens (tertiary/aromatic N) is 3. The van der Waals surface area contributed by atoms with Crippen LogP contribution in [-0.2, 0) is 19.0 Å². The minimum absolute atomic E-state index is 0.188. The third-order valence-corrected chi connectivity index (χ3v) is 9.43. The molecule has 1 amide bonds. The Hall–Kier alpha value is -2.84. The van der Waals surface area contributed by atoms with Crippen molar-refractivity contribution in [2.45, 2.75) is 51.0 Å². The van der Waals surface area contributed by atoms with Gasteiger partial charge in [-0.3, -0.25) is 14.7 Å². The van der Waals surface area contributed by atoms with Gasteiger partial charge in [0.15, 0.2) is 0 Å². The molecular weight excluding hydrogens is 526 g/mol. The Morgan fingerprint density at radius 1 is 0.976 bits per heavy atom. The highest BCUT2D eigenvalue weighted by molar-refractivity contribution is 5.88. The van der Waals surface area contributed by atoms with Crippen molar-refractivity contribution in [2.24, 2.45) is 5.92 Å². The molecule has 3 aliphatic rings. The number of hydrogen-bond donors (Lipinski definition) is 0. The molecule has 0 bridgehead atoms. The topological polar surface area (TPSA) is 64.1 Å². The highest BCUT2D eigenvalue weighted by atomic mass is 16.5. The number of ether oxygens (including phenoxy) is 3. The molecular formula is C35H45N3O4. The molecule has 3 aliphatic heterocycles. The molecule has 1 unspecified atom stereocenters. The van der Waals surface area contributed by atoms with E-state index in [4.69, 9.17) is 14.2 Å². The SMILES string of the molecule is Cc1nccc2cc(-c3ccc(C(COCCCN4CCOCC4)C4CCN(C(=O)[C@H]5CCCO5)CC4)cc3)ccc12. The summed E-state index contributed by atoms with van der Waals surface area (Å²) in [5.41, 5.74) is 4.83. The van der Waals surface area contributed by atoms with E-state index in [0.717, 1.165) is 96.9 Å². The molecule has 3 fully saturated rings. The van der Waals surface area contributed by atoms with Crippen molar-refractivity contribution in [3.63, 3.8) is 0 Å². The molecule has 2 atom stereocenters. The minimum Gasteiger partial charge on any atom is -0.381 e. The number of pyridine rings is 1. The van der Waals surface area contributed by atoms with Gasteiger partial charge in [-0.15, -0.1) is 0 Å². The van der Waals surface area contributed by atoms with Gasteiger partial charge in [0.1, 0.15) is 6.10 Å². The fourth-order valence-electron chi connectivity index (χ4n) is 6.86. The zero-order valence-corrected chi connectivity index (χ0v) is 25.0. The van der Waals surface area contributed by atoms with Crippen LogP contribution in [0.25, 0.3) is 21.9 Å². The van der Waals surface area contributed by atoms with Gasteiger partial charge in [-0.05, 0) is 79.2 Å². The lowest BCUT2D eigenvalue weighted by Gasteiger charge is -2.37. The van der Waals surface area contributed by atoms with Crippen LogP contribution in [0.1, 0.15) is 49.3 Å². The first-order valence-corrected chi connectivity index (χ1v) is 15.9. The Morgan fingerprint density at radius 3 is 2.52 bits per heavy atom. The molecule has 0 N–H and O–H groups in total.